The Balaban J connectivity index is 1.59. The maximum Gasteiger partial charge on any atom is 0.123 e. The number of rotatable bonds is 5. The first kappa shape index (κ1) is 15.2. The van der Waals surface area contributed by atoms with Crippen molar-refractivity contribution in [1.82, 2.24) is 4.90 Å². The van der Waals surface area contributed by atoms with Gasteiger partial charge in [-0.2, -0.15) is 0 Å². The van der Waals surface area contributed by atoms with Crippen LogP contribution in [0, 0.1) is 5.82 Å². The summed E-state index contributed by atoms with van der Waals surface area (Å²) in [5.41, 5.74) is 3.34. The molecule has 3 heteroatoms. The van der Waals surface area contributed by atoms with Crippen LogP contribution in [-0.2, 0) is 11.2 Å². The van der Waals surface area contributed by atoms with E-state index >= 15 is 0 Å². The molecule has 0 N–H and O–H groups in total. The summed E-state index contributed by atoms with van der Waals surface area (Å²) in [6.07, 6.45) is 2.20. The van der Waals surface area contributed by atoms with Gasteiger partial charge in [-0.15, -0.1) is 0 Å². The van der Waals surface area contributed by atoms with Crippen molar-refractivity contribution in [1.29, 1.82) is 0 Å². The van der Waals surface area contributed by atoms with Crippen LogP contribution in [0.25, 0.3) is 11.1 Å². The second-order valence-electron chi connectivity index (χ2n) is 5.77. The third-order valence-corrected chi connectivity index (χ3v) is 4.13. The average molecular weight is 299 g/mol. The summed E-state index contributed by atoms with van der Waals surface area (Å²) in [4.78, 5) is 2.46. The predicted molar refractivity (Wildman–Crippen MR) is 87.4 cm³/mol. The van der Waals surface area contributed by atoms with E-state index in [1.165, 1.54) is 11.6 Å². The third kappa shape index (κ3) is 4.15. The van der Waals surface area contributed by atoms with E-state index in [-0.39, 0.29) is 5.82 Å². The van der Waals surface area contributed by atoms with Crippen molar-refractivity contribution in [2.24, 2.45) is 0 Å². The lowest BCUT2D eigenvalue weighted by atomic mass is 10.0. The molecule has 1 saturated heterocycles. The van der Waals surface area contributed by atoms with Crippen molar-refractivity contribution in [3.8, 4) is 11.1 Å². The molecule has 116 valence electrons. The Morgan fingerprint density at radius 1 is 0.955 bits per heavy atom. The number of benzene rings is 2. The van der Waals surface area contributed by atoms with Crippen LogP contribution >= 0.6 is 0 Å². The molecule has 1 heterocycles. The van der Waals surface area contributed by atoms with Gasteiger partial charge in [0.1, 0.15) is 5.82 Å². The molecule has 0 aliphatic carbocycles. The number of nitrogens with zero attached hydrogens (tertiary/aromatic N) is 1. The highest BCUT2D eigenvalue weighted by Gasteiger charge is 2.09. The molecule has 2 aromatic carbocycles. The van der Waals surface area contributed by atoms with Crippen LogP contribution in [0.15, 0.2) is 48.5 Å². The normalized spacial score (nSPS) is 15.9. The van der Waals surface area contributed by atoms with E-state index in [1.54, 1.807) is 12.1 Å². The maximum atomic E-state index is 13.3. The molecule has 0 radical (unpaired) electrons. The van der Waals surface area contributed by atoms with Crippen molar-refractivity contribution in [2.75, 3.05) is 32.8 Å². The Hall–Kier alpha value is -1.71. The van der Waals surface area contributed by atoms with Gasteiger partial charge in [-0.05, 0) is 48.2 Å². The van der Waals surface area contributed by atoms with Crippen LogP contribution in [0.2, 0.25) is 0 Å². The largest absolute Gasteiger partial charge is 0.379 e. The molecule has 1 aliphatic rings. The molecule has 0 amide bonds. The molecule has 2 aromatic rings. The number of morpholine rings is 1. The summed E-state index contributed by atoms with van der Waals surface area (Å²) >= 11 is 0. The summed E-state index contributed by atoms with van der Waals surface area (Å²) in [6, 6.07) is 15.2. The van der Waals surface area contributed by atoms with Crippen molar-refractivity contribution < 1.29 is 9.13 Å². The number of ether oxygens (including phenoxy) is 1. The van der Waals surface area contributed by atoms with Crippen LogP contribution in [0.5, 0.6) is 0 Å². The highest BCUT2D eigenvalue weighted by molar-refractivity contribution is 5.64. The van der Waals surface area contributed by atoms with Crippen molar-refractivity contribution >= 4 is 0 Å². The molecule has 0 spiro atoms. The Bertz CT molecular complexity index is 608. The smallest absolute Gasteiger partial charge is 0.123 e. The first-order valence-electron chi connectivity index (χ1n) is 7.96. The zero-order valence-electron chi connectivity index (χ0n) is 12.8. The number of hydrogen-bond acceptors (Lipinski definition) is 2. The number of halogens is 1. The van der Waals surface area contributed by atoms with E-state index in [9.17, 15) is 4.39 Å². The van der Waals surface area contributed by atoms with Gasteiger partial charge in [0.2, 0.25) is 0 Å². The molecule has 0 aromatic heterocycles. The first-order valence-corrected chi connectivity index (χ1v) is 7.96. The molecule has 0 saturated carbocycles. The third-order valence-electron chi connectivity index (χ3n) is 4.13. The average Bonchev–Trinajstić information content (AvgIpc) is 2.56. The second-order valence-corrected chi connectivity index (χ2v) is 5.77. The van der Waals surface area contributed by atoms with Gasteiger partial charge >= 0.3 is 0 Å². The summed E-state index contributed by atoms with van der Waals surface area (Å²) in [5, 5.41) is 0. The second kappa shape index (κ2) is 7.52. The zero-order chi connectivity index (χ0) is 15.2. The molecule has 0 bridgehead atoms. The Morgan fingerprint density at radius 2 is 1.68 bits per heavy atom. The fourth-order valence-corrected chi connectivity index (χ4v) is 2.91. The lowest BCUT2D eigenvalue weighted by molar-refractivity contribution is 0.0375. The summed E-state index contributed by atoms with van der Waals surface area (Å²) < 4.78 is 18.7. The zero-order valence-corrected chi connectivity index (χ0v) is 12.8. The Labute approximate surface area is 131 Å². The highest BCUT2D eigenvalue weighted by atomic mass is 19.1. The summed E-state index contributed by atoms with van der Waals surface area (Å²) in [6.45, 7) is 4.92. The van der Waals surface area contributed by atoms with Crippen LogP contribution in [0.4, 0.5) is 4.39 Å². The van der Waals surface area contributed by atoms with Crippen molar-refractivity contribution in [3.63, 3.8) is 0 Å². The lowest BCUT2D eigenvalue weighted by Crippen LogP contribution is -2.36. The van der Waals surface area contributed by atoms with Crippen molar-refractivity contribution in [3.05, 3.63) is 59.9 Å². The van der Waals surface area contributed by atoms with Gasteiger partial charge in [-0.1, -0.05) is 36.4 Å². The van der Waals surface area contributed by atoms with E-state index in [0.717, 1.165) is 56.8 Å². The van der Waals surface area contributed by atoms with Gasteiger partial charge in [0.15, 0.2) is 0 Å². The van der Waals surface area contributed by atoms with E-state index in [1.807, 2.05) is 12.1 Å². The number of hydrogen-bond donors (Lipinski definition) is 0. The Kier molecular flexibility index (Phi) is 5.20. The summed E-state index contributed by atoms with van der Waals surface area (Å²) in [7, 11) is 0. The highest BCUT2D eigenvalue weighted by Crippen LogP contribution is 2.21. The van der Waals surface area contributed by atoms with Crippen LogP contribution in [0.1, 0.15) is 12.0 Å². The van der Waals surface area contributed by atoms with E-state index in [4.69, 9.17) is 4.74 Å². The minimum Gasteiger partial charge on any atom is -0.379 e. The molecule has 3 rings (SSSR count). The van der Waals surface area contributed by atoms with Crippen LogP contribution in [-0.4, -0.2) is 37.7 Å². The Morgan fingerprint density at radius 3 is 2.45 bits per heavy atom. The lowest BCUT2D eigenvalue weighted by Gasteiger charge is -2.26. The molecule has 22 heavy (non-hydrogen) atoms. The molecular formula is C19H22FNO. The predicted octanol–water partition coefficient (Wildman–Crippen LogP) is 3.76. The van der Waals surface area contributed by atoms with Crippen LogP contribution < -0.4 is 0 Å². The minimum absolute atomic E-state index is 0.185. The first-order chi connectivity index (χ1) is 10.8. The summed E-state index contributed by atoms with van der Waals surface area (Å²) in [5.74, 6) is -0.185. The van der Waals surface area contributed by atoms with Crippen molar-refractivity contribution in [2.45, 2.75) is 12.8 Å². The minimum atomic E-state index is -0.185. The standard InChI is InChI=1S/C19H22FNO/c20-19-8-2-7-18(15-19)17-6-1-4-16(14-17)5-3-9-21-10-12-22-13-11-21/h1-2,4,6-8,14-15H,3,5,9-13H2. The van der Waals surface area contributed by atoms with Gasteiger partial charge in [-0.25, -0.2) is 4.39 Å². The van der Waals surface area contributed by atoms with E-state index in [2.05, 4.69) is 23.1 Å². The fourth-order valence-electron chi connectivity index (χ4n) is 2.91. The SMILES string of the molecule is Fc1cccc(-c2cccc(CCCN3CCOCC3)c2)c1. The van der Waals surface area contributed by atoms with E-state index < -0.39 is 0 Å². The monoisotopic (exact) mass is 299 g/mol. The number of aryl methyl sites for hydroxylation is 1. The molecule has 2 nitrogen and oxygen atoms in total. The topological polar surface area (TPSA) is 12.5 Å². The molecule has 0 unspecified atom stereocenters. The maximum absolute atomic E-state index is 13.3. The van der Waals surface area contributed by atoms with Gasteiger partial charge in [0, 0.05) is 13.1 Å². The molecule has 1 fully saturated rings. The molecule has 0 atom stereocenters. The van der Waals surface area contributed by atoms with Gasteiger partial charge < -0.3 is 4.74 Å². The molecular weight excluding hydrogens is 277 g/mol. The fraction of sp³-hybridized carbons (Fsp3) is 0.368. The van der Waals surface area contributed by atoms with Crippen LogP contribution in [0.3, 0.4) is 0 Å². The quantitative estimate of drug-likeness (QED) is 0.833. The van der Waals surface area contributed by atoms with Gasteiger partial charge in [0.05, 0.1) is 13.2 Å². The van der Waals surface area contributed by atoms with Gasteiger partial charge in [0.25, 0.3) is 0 Å². The molecule has 1 aliphatic heterocycles. The van der Waals surface area contributed by atoms with E-state index in [0.29, 0.717) is 0 Å². The van der Waals surface area contributed by atoms with Gasteiger partial charge in [-0.3, -0.25) is 4.90 Å².